The summed E-state index contributed by atoms with van der Waals surface area (Å²) in [5.74, 6) is -2.90. The zero-order valence-corrected chi connectivity index (χ0v) is 70.6. The second-order valence-electron chi connectivity index (χ2n) is 38.2. The summed E-state index contributed by atoms with van der Waals surface area (Å²) in [6.07, 6.45) is 2.51. The lowest BCUT2D eigenvalue weighted by molar-refractivity contribution is -0.142. The minimum Gasteiger partial charge on any atom is -0.481 e. The Morgan fingerprint density at radius 2 is 0.814 bits per heavy atom. The number of hydrogen-bond acceptors (Lipinski definition) is 17. The molecule has 25 heteroatoms. The van der Waals surface area contributed by atoms with E-state index in [1.54, 1.807) is 0 Å². The van der Waals surface area contributed by atoms with Gasteiger partial charge < -0.3 is 47.1 Å². The van der Waals surface area contributed by atoms with Crippen LogP contribution in [0.25, 0.3) is 0 Å². The van der Waals surface area contributed by atoms with Gasteiger partial charge in [-0.3, -0.25) is 72.3 Å². The number of halogens is 1. The number of imide groups is 4. The van der Waals surface area contributed by atoms with Gasteiger partial charge in [0.2, 0.25) is 47.3 Å². The van der Waals surface area contributed by atoms with Crippen molar-refractivity contribution in [3.05, 3.63) is 10.1 Å². The summed E-state index contributed by atoms with van der Waals surface area (Å²) in [6, 6.07) is 0. The van der Waals surface area contributed by atoms with Crippen LogP contribution in [-0.2, 0) is 57.5 Å². The third-order valence-corrected chi connectivity index (χ3v) is 17.1. The molecule has 0 saturated carbocycles. The minimum absolute atomic E-state index is 0.00917. The summed E-state index contributed by atoms with van der Waals surface area (Å²) >= 11 is 3.27. The third-order valence-electron chi connectivity index (χ3n) is 16.4. The number of carboxylic acid groups (broad SMARTS) is 1. The van der Waals surface area contributed by atoms with Crippen LogP contribution in [0.1, 0.15) is 253 Å². The second kappa shape index (κ2) is 40.6. The molecule has 0 aromatic carbocycles. The Morgan fingerprint density at radius 3 is 1.16 bits per heavy atom. The monoisotopic (exact) mass is 1510 g/mol. The van der Waals surface area contributed by atoms with Crippen LogP contribution >= 0.6 is 15.9 Å². The van der Waals surface area contributed by atoms with E-state index in [4.69, 9.17) is 9.84 Å². The molecule has 0 spiro atoms. The van der Waals surface area contributed by atoms with Gasteiger partial charge in [-0.15, -0.1) is 0 Å². The molecule has 0 aromatic heterocycles. The van der Waals surface area contributed by atoms with Crippen LogP contribution in [-0.4, -0.2) is 203 Å². The molecule has 590 valence electrons. The zero-order valence-electron chi connectivity index (χ0n) is 69.0. The molecule has 4 aliphatic rings. The van der Waals surface area contributed by atoms with E-state index >= 15 is 0 Å². The van der Waals surface area contributed by atoms with E-state index in [0.29, 0.717) is 94.8 Å². The molecule has 8 N–H and O–H groups in total. The summed E-state index contributed by atoms with van der Waals surface area (Å²) < 4.78 is 5.83. The van der Waals surface area contributed by atoms with Crippen LogP contribution in [0.2, 0.25) is 0 Å². The van der Waals surface area contributed by atoms with Crippen molar-refractivity contribution in [3.8, 4) is 0 Å². The maximum atomic E-state index is 12.3. The van der Waals surface area contributed by atoms with E-state index in [9.17, 15) is 52.7 Å². The van der Waals surface area contributed by atoms with Gasteiger partial charge in [-0.25, -0.2) is 0 Å². The van der Waals surface area contributed by atoms with Gasteiger partial charge in [-0.05, 0) is 160 Å². The van der Waals surface area contributed by atoms with Crippen LogP contribution in [0.15, 0.2) is 10.1 Å². The number of hydrogen-bond donors (Lipinski definition) is 8. The Bertz CT molecular complexity index is 2820. The molecule has 4 atom stereocenters. The summed E-state index contributed by atoms with van der Waals surface area (Å²) in [5, 5.41) is 31.0. The predicted octanol–water partition coefficient (Wildman–Crippen LogP) is 9.76. The molecular formula is C77H142BrN11O13. The van der Waals surface area contributed by atoms with Crippen LogP contribution < -0.4 is 37.2 Å². The zero-order chi connectivity index (χ0) is 79.9. The van der Waals surface area contributed by atoms with E-state index in [1.165, 1.54) is 19.6 Å². The quantitative estimate of drug-likeness (QED) is 0.0295. The highest BCUT2D eigenvalue weighted by Crippen LogP contribution is 2.39. The minimum atomic E-state index is -0.929. The van der Waals surface area contributed by atoms with Crippen molar-refractivity contribution in [1.82, 2.24) is 56.8 Å². The van der Waals surface area contributed by atoms with Gasteiger partial charge in [-0.2, -0.15) is 0 Å². The number of nitrogens with one attached hydrogen (secondary N) is 7. The Hall–Kier alpha value is -5.05. The highest BCUT2D eigenvalue weighted by Gasteiger charge is 2.47. The van der Waals surface area contributed by atoms with Crippen molar-refractivity contribution >= 4 is 81.0 Å². The molecule has 4 unspecified atom stereocenters. The molecule has 4 aliphatic heterocycles. The van der Waals surface area contributed by atoms with Crippen molar-refractivity contribution < 1.29 is 62.6 Å². The number of carbonyl (C=O) groups excluding carboxylic acids is 10. The largest absolute Gasteiger partial charge is 0.481 e. The van der Waals surface area contributed by atoms with E-state index in [2.05, 4.69) is 178 Å². The van der Waals surface area contributed by atoms with Crippen LogP contribution in [0.3, 0.4) is 0 Å². The summed E-state index contributed by atoms with van der Waals surface area (Å²) in [5.41, 5.74) is -0.0792. The standard InChI is InChI=1S/C19H35N3O4.C15H30N2O3.C15H28N2O2.C14H23BrN2O2.C14H26N2O2/c1-18(2,3)14-13-16(24)22(17(14)25)10-12-26-11-7-15(23)20-8-9-21-19(4,5)6;1-14(2,3)10-11(9-12(18)19)13(20)16-7-8-17-15(4,5)6;1-14(2,3)10-11-9-12(18)17(13(11)19)8-7-16-15(4,5)6;1-13(2,3)9-10(15)12(19)17(11(9)18)8-7-16-14(4,5)6;1-13(2,3)10-9-11(17)16(12(10)18)8-7-15-14(4,5)6/h14,21H,7-13H2,1-6H3,(H,20,23);11,17H,7-10H2,1-6H3,(H,16,20)(H,18,19);11,16H,7-10H2,1-6H3;16H,7-8H2,1-6H3;10,15H,7-9H2,1-6H3. The molecule has 4 heterocycles. The van der Waals surface area contributed by atoms with Crippen LogP contribution in [0.5, 0.6) is 0 Å². The number of aliphatic carboxylic acids is 1. The van der Waals surface area contributed by atoms with Crippen molar-refractivity contribution in [1.29, 1.82) is 0 Å². The number of rotatable bonds is 26. The van der Waals surface area contributed by atoms with Gasteiger partial charge in [-0.1, -0.05) is 104 Å². The number of amides is 10. The molecular weight excluding hydrogens is 1370 g/mol. The van der Waals surface area contributed by atoms with Gasteiger partial charge in [0.05, 0.1) is 42.5 Å². The number of carbonyl (C=O) groups is 11. The lowest BCUT2D eigenvalue weighted by Gasteiger charge is -2.26. The third kappa shape index (κ3) is 40.4. The molecule has 4 rings (SSSR count). The average molecular weight is 1510 g/mol. The first-order chi connectivity index (χ1) is 45.8. The molecule has 0 radical (unpaired) electrons. The summed E-state index contributed by atoms with van der Waals surface area (Å²) in [7, 11) is 0. The highest BCUT2D eigenvalue weighted by atomic mass is 79.9. The summed E-state index contributed by atoms with van der Waals surface area (Å²) in [6.45, 7) is 67.6. The van der Waals surface area contributed by atoms with E-state index < -0.39 is 11.9 Å². The number of ether oxygens (including phenoxy) is 1. The molecule has 3 saturated heterocycles. The maximum Gasteiger partial charge on any atom is 0.304 e. The molecule has 24 nitrogen and oxygen atoms in total. The normalized spacial score (nSPS) is 18.6. The number of likely N-dealkylation sites (tertiary alicyclic amines) is 3. The molecule has 0 bridgehead atoms. The van der Waals surface area contributed by atoms with Gasteiger partial charge >= 0.3 is 5.97 Å². The Balaban J connectivity index is 0.00000126. The second-order valence-corrected chi connectivity index (χ2v) is 39.0. The van der Waals surface area contributed by atoms with Crippen LogP contribution in [0.4, 0.5) is 0 Å². The molecule has 102 heavy (non-hydrogen) atoms. The van der Waals surface area contributed by atoms with Gasteiger partial charge in [0.15, 0.2) is 0 Å². The smallest absolute Gasteiger partial charge is 0.304 e. The van der Waals surface area contributed by atoms with Crippen molar-refractivity contribution in [2.75, 3.05) is 85.2 Å². The number of carboxylic acids is 1. The van der Waals surface area contributed by atoms with Gasteiger partial charge in [0.25, 0.3) is 11.8 Å². The van der Waals surface area contributed by atoms with Crippen molar-refractivity contribution in [2.24, 2.45) is 50.7 Å². The topological polar surface area (TPSA) is 314 Å². The van der Waals surface area contributed by atoms with E-state index in [0.717, 1.165) is 6.42 Å². The fourth-order valence-electron chi connectivity index (χ4n) is 11.2. The average Bonchev–Trinajstić information content (AvgIpc) is 1.65. The van der Waals surface area contributed by atoms with E-state index in [-0.39, 0.29) is 171 Å². The van der Waals surface area contributed by atoms with Crippen LogP contribution in [0, 0.1) is 50.7 Å². The molecule has 0 aliphatic carbocycles. The van der Waals surface area contributed by atoms with E-state index in [1.807, 2.05) is 83.1 Å². The first kappa shape index (κ1) is 97.0. The lowest BCUT2D eigenvalue weighted by atomic mass is 9.80. The SMILES string of the molecule is CC(C)(C)CC(CC(=O)O)C(=O)NCCNC(C)(C)C.CC(C)(C)CC1CC(=O)N(CCNC(C)(C)C)C1=O.CC(C)(C)NCCN1C(=O)C(Br)=C(C(C)(C)C)C1=O.CC(C)(C)NCCN1C(=O)CC(C(C)(C)C)C1=O.CC(C)(C)NCCNC(=O)CCOCCN1C(=O)CC(C(C)(C)C)C1=O. The van der Waals surface area contributed by atoms with Crippen molar-refractivity contribution in [2.45, 2.75) is 280 Å². The van der Waals surface area contributed by atoms with Crippen molar-refractivity contribution in [3.63, 3.8) is 0 Å². The first-order valence-corrected chi connectivity index (χ1v) is 37.5. The van der Waals surface area contributed by atoms with Gasteiger partial charge in [0.1, 0.15) is 0 Å². The fourth-order valence-corrected chi connectivity index (χ4v) is 12.2. The highest BCUT2D eigenvalue weighted by molar-refractivity contribution is 9.12. The summed E-state index contributed by atoms with van der Waals surface area (Å²) in [4.78, 5) is 137. The Morgan fingerprint density at radius 1 is 0.451 bits per heavy atom. The predicted molar refractivity (Wildman–Crippen MR) is 410 cm³/mol. The molecule has 3 fully saturated rings. The molecule has 10 amide bonds. The lowest BCUT2D eigenvalue weighted by Crippen LogP contribution is -2.43. The Kier molecular flexibility index (Phi) is 38.6. The first-order valence-electron chi connectivity index (χ1n) is 36.7. The Labute approximate surface area is 623 Å². The number of nitrogens with zero attached hydrogens (tertiary/aromatic N) is 4. The maximum absolute atomic E-state index is 12.3. The van der Waals surface area contributed by atoms with Gasteiger partial charge in [0, 0.05) is 136 Å². The molecule has 0 aromatic rings. The fraction of sp³-hybridized carbons (Fsp3) is 0.831.